The first-order valence-electron chi connectivity index (χ1n) is 8.03. The molecule has 2 aromatic rings. The Bertz CT molecular complexity index is 828. The lowest BCUT2D eigenvalue weighted by Crippen LogP contribution is -2.32. The molecule has 0 saturated heterocycles. The van der Waals surface area contributed by atoms with Crippen LogP contribution < -0.4 is 0 Å². The Kier molecular flexibility index (Phi) is 4.91. The Balaban J connectivity index is 1.93. The highest BCUT2D eigenvalue weighted by Crippen LogP contribution is 2.38. The highest BCUT2D eigenvalue weighted by molar-refractivity contribution is 6.30. The van der Waals surface area contributed by atoms with Gasteiger partial charge in [0.2, 0.25) is 0 Å². The number of Topliss-reactive ketones (excluding diaryl/α,β-unsaturated/α-hetero) is 1. The largest absolute Gasteiger partial charge is 0.503 e. The number of carbonyl (C=O) groups excluding carboxylic acids is 2. The zero-order valence-electron chi connectivity index (χ0n) is 13.8. The Labute approximate surface area is 151 Å². The molecule has 0 saturated carbocycles. The van der Waals surface area contributed by atoms with Crippen molar-refractivity contribution >= 4 is 23.3 Å². The first-order chi connectivity index (χ1) is 12.0. The van der Waals surface area contributed by atoms with Crippen LogP contribution in [0.15, 0.2) is 65.9 Å². The molecule has 1 aliphatic rings. The highest BCUT2D eigenvalue weighted by Gasteiger charge is 2.41. The molecule has 1 amide bonds. The van der Waals surface area contributed by atoms with Crippen LogP contribution in [0.2, 0.25) is 5.02 Å². The van der Waals surface area contributed by atoms with Gasteiger partial charge in [0.05, 0.1) is 11.6 Å². The predicted molar refractivity (Wildman–Crippen MR) is 96.4 cm³/mol. The third kappa shape index (κ3) is 3.44. The topological polar surface area (TPSA) is 57.6 Å². The van der Waals surface area contributed by atoms with Crippen molar-refractivity contribution in [2.45, 2.75) is 19.4 Å². The van der Waals surface area contributed by atoms with E-state index in [0.717, 1.165) is 11.1 Å². The van der Waals surface area contributed by atoms with Crippen LogP contribution >= 0.6 is 11.6 Å². The van der Waals surface area contributed by atoms with Crippen molar-refractivity contribution in [3.8, 4) is 0 Å². The molecule has 1 atom stereocenters. The van der Waals surface area contributed by atoms with Crippen LogP contribution in [-0.2, 0) is 16.0 Å². The summed E-state index contributed by atoms with van der Waals surface area (Å²) in [6.45, 7) is 1.76. The van der Waals surface area contributed by atoms with E-state index in [2.05, 4.69) is 0 Å². The minimum absolute atomic E-state index is 0.139. The second-order valence-electron chi connectivity index (χ2n) is 6.01. The zero-order chi connectivity index (χ0) is 18.0. The monoisotopic (exact) mass is 355 g/mol. The number of aliphatic hydroxyl groups excluding tert-OH is 1. The van der Waals surface area contributed by atoms with Gasteiger partial charge in [0.15, 0.2) is 11.5 Å². The maximum atomic E-state index is 12.5. The van der Waals surface area contributed by atoms with Crippen molar-refractivity contribution in [3.63, 3.8) is 0 Å². The van der Waals surface area contributed by atoms with E-state index in [-0.39, 0.29) is 11.4 Å². The van der Waals surface area contributed by atoms with Gasteiger partial charge < -0.3 is 10.0 Å². The number of hydrogen-bond acceptors (Lipinski definition) is 3. The first kappa shape index (κ1) is 17.2. The van der Waals surface area contributed by atoms with Gasteiger partial charge in [0.1, 0.15) is 0 Å². The van der Waals surface area contributed by atoms with E-state index < -0.39 is 17.7 Å². The number of rotatable bonds is 5. The molecule has 0 spiro atoms. The Hall–Kier alpha value is -2.59. The smallest absolute Gasteiger partial charge is 0.290 e. The maximum absolute atomic E-state index is 12.5. The summed E-state index contributed by atoms with van der Waals surface area (Å²) in [7, 11) is 0. The molecule has 0 aromatic heterocycles. The van der Waals surface area contributed by atoms with Crippen LogP contribution in [0.25, 0.3) is 0 Å². The Morgan fingerprint density at radius 2 is 1.76 bits per heavy atom. The lowest BCUT2D eigenvalue weighted by atomic mass is 9.96. The van der Waals surface area contributed by atoms with Gasteiger partial charge >= 0.3 is 0 Å². The summed E-state index contributed by atoms with van der Waals surface area (Å²) < 4.78 is 0. The molecule has 1 aliphatic heterocycles. The normalized spacial score (nSPS) is 17.3. The van der Waals surface area contributed by atoms with E-state index in [1.54, 1.807) is 29.2 Å². The van der Waals surface area contributed by atoms with Crippen molar-refractivity contribution in [1.29, 1.82) is 0 Å². The van der Waals surface area contributed by atoms with Crippen molar-refractivity contribution < 1.29 is 14.7 Å². The quantitative estimate of drug-likeness (QED) is 0.885. The van der Waals surface area contributed by atoms with Gasteiger partial charge in [-0.25, -0.2) is 0 Å². The van der Waals surface area contributed by atoms with E-state index >= 15 is 0 Å². The van der Waals surface area contributed by atoms with Crippen molar-refractivity contribution in [3.05, 3.63) is 82.1 Å². The number of aliphatic hydroxyl groups is 1. The molecule has 3 rings (SSSR count). The number of carbonyl (C=O) groups is 2. The van der Waals surface area contributed by atoms with Crippen LogP contribution in [0.1, 0.15) is 24.1 Å². The molecular weight excluding hydrogens is 338 g/mol. The van der Waals surface area contributed by atoms with Gasteiger partial charge in [0, 0.05) is 11.6 Å². The fourth-order valence-electron chi connectivity index (χ4n) is 3.13. The van der Waals surface area contributed by atoms with Gasteiger partial charge in [-0.15, -0.1) is 0 Å². The fourth-order valence-corrected chi connectivity index (χ4v) is 3.26. The molecule has 0 bridgehead atoms. The SMILES string of the molecule is CC(=O)C1=C(O)C(=O)N(CCc2ccccc2)[C@@H]1c1ccc(Cl)cc1. The second kappa shape index (κ2) is 7.11. The summed E-state index contributed by atoms with van der Waals surface area (Å²) in [5.41, 5.74) is 1.97. The second-order valence-corrected chi connectivity index (χ2v) is 6.44. The molecule has 128 valence electrons. The van der Waals surface area contributed by atoms with Crippen LogP contribution in [0.3, 0.4) is 0 Å². The van der Waals surface area contributed by atoms with Gasteiger partial charge in [0.25, 0.3) is 5.91 Å². The Morgan fingerprint density at radius 3 is 2.36 bits per heavy atom. The standard InChI is InChI=1S/C20H18ClNO3/c1-13(23)17-18(15-7-9-16(21)10-8-15)22(20(25)19(17)24)12-11-14-5-3-2-4-6-14/h2-10,18,24H,11-12H2,1H3/t18-/m1/s1. The number of ketones is 1. The van der Waals surface area contributed by atoms with Gasteiger partial charge in [-0.05, 0) is 36.6 Å². The Morgan fingerprint density at radius 1 is 1.12 bits per heavy atom. The molecule has 25 heavy (non-hydrogen) atoms. The molecule has 1 N–H and O–H groups in total. The lowest BCUT2D eigenvalue weighted by Gasteiger charge is -2.26. The number of halogens is 1. The molecule has 2 aromatic carbocycles. The number of benzene rings is 2. The maximum Gasteiger partial charge on any atom is 0.290 e. The molecule has 5 heteroatoms. The van der Waals surface area contributed by atoms with E-state index in [1.807, 2.05) is 30.3 Å². The van der Waals surface area contributed by atoms with Crippen molar-refractivity contribution in [2.24, 2.45) is 0 Å². The molecule has 4 nitrogen and oxygen atoms in total. The number of nitrogens with zero attached hydrogens (tertiary/aromatic N) is 1. The minimum atomic E-state index is -0.592. The predicted octanol–water partition coefficient (Wildman–Crippen LogP) is 3.87. The van der Waals surface area contributed by atoms with Gasteiger partial charge in [-0.3, -0.25) is 9.59 Å². The third-order valence-electron chi connectivity index (χ3n) is 4.35. The molecule has 0 unspecified atom stereocenters. The van der Waals surface area contributed by atoms with Crippen LogP contribution in [0.5, 0.6) is 0 Å². The van der Waals surface area contributed by atoms with Crippen molar-refractivity contribution in [1.82, 2.24) is 4.90 Å². The van der Waals surface area contributed by atoms with E-state index in [9.17, 15) is 14.7 Å². The summed E-state index contributed by atoms with van der Waals surface area (Å²) in [5.74, 6) is -1.28. The average Bonchev–Trinajstić information content (AvgIpc) is 2.86. The molecule has 0 aliphatic carbocycles. The summed E-state index contributed by atoms with van der Waals surface area (Å²) in [4.78, 5) is 26.1. The molecule has 0 fully saturated rings. The summed E-state index contributed by atoms with van der Waals surface area (Å²) in [6.07, 6.45) is 0.634. The highest BCUT2D eigenvalue weighted by atomic mass is 35.5. The van der Waals surface area contributed by atoms with E-state index in [1.165, 1.54) is 6.92 Å². The van der Waals surface area contributed by atoms with Crippen molar-refractivity contribution in [2.75, 3.05) is 6.54 Å². The number of hydrogen-bond donors (Lipinski definition) is 1. The average molecular weight is 356 g/mol. The zero-order valence-corrected chi connectivity index (χ0v) is 14.5. The molecule has 0 radical (unpaired) electrons. The van der Waals surface area contributed by atoms with Crippen LogP contribution in [0.4, 0.5) is 0 Å². The first-order valence-corrected chi connectivity index (χ1v) is 8.41. The summed E-state index contributed by atoms with van der Waals surface area (Å²) in [6, 6.07) is 16.2. The summed E-state index contributed by atoms with van der Waals surface area (Å²) >= 11 is 5.94. The lowest BCUT2D eigenvalue weighted by molar-refractivity contribution is -0.129. The third-order valence-corrected chi connectivity index (χ3v) is 4.60. The van der Waals surface area contributed by atoms with E-state index in [4.69, 9.17) is 11.6 Å². The van der Waals surface area contributed by atoms with Crippen LogP contribution in [0, 0.1) is 0 Å². The van der Waals surface area contributed by atoms with Crippen LogP contribution in [-0.4, -0.2) is 28.2 Å². The number of amides is 1. The minimum Gasteiger partial charge on any atom is -0.503 e. The van der Waals surface area contributed by atoms with Gasteiger partial charge in [-0.1, -0.05) is 54.1 Å². The van der Waals surface area contributed by atoms with Gasteiger partial charge in [-0.2, -0.15) is 0 Å². The fraction of sp³-hybridized carbons (Fsp3) is 0.200. The molecule has 1 heterocycles. The molecular formula is C20H18ClNO3. The summed E-state index contributed by atoms with van der Waals surface area (Å²) in [5, 5.41) is 10.8. The van der Waals surface area contributed by atoms with E-state index in [0.29, 0.717) is 18.0 Å².